The van der Waals surface area contributed by atoms with Crippen molar-refractivity contribution >= 4 is 6.09 Å². The van der Waals surface area contributed by atoms with Crippen LogP contribution in [0.4, 0.5) is 18.0 Å². The Bertz CT molecular complexity index is 324. The van der Waals surface area contributed by atoms with Gasteiger partial charge in [-0.3, -0.25) is 0 Å². The maximum absolute atomic E-state index is 12.9. The SMILES string of the molecule is CC(C)(C)C1N(C(=O)O)CCC1(O)C(F)(F)F. The Morgan fingerprint density at radius 1 is 1.35 bits per heavy atom. The molecule has 2 N–H and O–H groups in total. The lowest BCUT2D eigenvalue weighted by Crippen LogP contribution is -2.60. The fraction of sp³-hybridized carbons (Fsp3) is 0.900. The number of halogens is 3. The molecule has 0 radical (unpaired) electrons. The minimum absolute atomic E-state index is 0.312. The molecule has 1 aliphatic rings. The summed E-state index contributed by atoms with van der Waals surface area (Å²) in [4.78, 5) is 11.6. The standard InChI is InChI=1S/C10H16F3NO3/c1-8(2,3)6-9(17,10(11,12)13)4-5-14(6)7(15)16/h6,17H,4-5H2,1-3H3,(H,15,16). The van der Waals surface area contributed by atoms with Gasteiger partial charge in [-0.25, -0.2) is 4.79 Å². The van der Waals surface area contributed by atoms with Crippen molar-refractivity contribution in [3.05, 3.63) is 0 Å². The average Bonchev–Trinajstić information content (AvgIpc) is 2.41. The average molecular weight is 255 g/mol. The van der Waals surface area contributed by atoms with E-state index < -0.39 is 35.7 Å². The molecular weight excluding hydrogens is 239 g/mol. The number of likely N-dealkylation sites (tertiary alicyclic amines) is 1. The van der Waals surface area contributed by atoms with Gasteiger partial charge in [-0.05, 0) is 5.41 Å². The smallest absolute Gasteiger partial charge is 0.419 e. The van der Waals surface area contributed by atoms with Gasteiger partial charge in [0.1, 0.15) is 0 Å². The number of nitrogens with zero attached hydrogens (tertiary/aromatic N) is 1. The van der Waals surface area contributed by atoms with Crippen LogP contribution in [0.15, 0.2) is 0 Å². The molecule has 2 unspecified atom stereocenters. The summed E-state index contributed by atoms with van der Waals surface area (Å²) in [5, 5.41) is 18.7. The Labute approximate surface area is 97.0 Å². The number of hydrogen-bond acceptors (Lipinski definition) is 2. The Morgan fingerprint density at radius 3 is 2.12 bits per heavy atom. The van der Waals surface area contributed by atoms with Crippen molar-refractivity contribution < 1.29 is 28.2 Å². The number of amides is 1. The molecule has 1 aliphatic heterocycles. The molecule has 0 saturated carbocycles. The number of hydrogen-bond donors (Lipinski definition) is 2. The molecule has 0 bridgehead atoms. The van der Waals surface area contributed by atoms with E-state index in [2.05, 4.69) is 0 Å². The highest BCUT2D eigenvalue weighted by Crippen LogP contribution is 2.48. The van der Waals surface area contributed by atoms with E-state index in [-0.39, 0.29) is 6.54 Å². The van der Waals surface area contributed by atoms with Gasteiger partial charge in [0.2, 0.25) is 0 Å². The fourth-order valence-corrected chi connectivity index (χ4v) is 2.50. The van der Waals surface area contributed by atoms with E-state index in [0.717, 1.165) is 0 Å². The number of alkyl halides is 3. The molecule has 0 spiro atoms. The minimum Gasteiger partial charge on any atom is -0.465 e. The summed E-state index contributed by atoms with van der Waals surface area (Å²) in [7, 11) is 0. The third-order valence-corrected chi connectivity index (χ3v) is 3.05. The highest BCUT2D eigenvalue weighted by molar-refractivity contribution is 5.66. The second-order valence-electron chi connectivity index (χ2n) is 5.42. The van der Waals surface area contributed by atoms with Gasteiger partial charge in [0.15, 0.2) is 5.60 Å². The summed E-state index contributed by atoms with van der Waals surface area (Å²) in [6.07, 6.45) is -6.90. The van der Waals surface area contributed by atoms with Crippen LogP contribution in [-0.2, 0) is 0 Å². The molecule has 0 aromatic carbocycles. The molecule has 4 nitrogen and oxygen atoms in total. The van der Waals surface area contributed by atoms with Gasteiger partial charge >= 0.3 is 12.3 Å². The van der Waals surface area contributed by atoms with Crippen molar-refractivity contribution in [3.63, 3.8) is 0 Å². The van der Waals surface area contributed by atoms with E-state index in [1.54, 1.807) is 0 Å². The minimum atomic E-state index is -4.84. The monoisotopic (exact) mass is 255 g/mol. The van der Waals surface area contributed by atoms with E-state index in [9.17, 15) is 23.1 Å². The molecule has 17 heavy (non-hydrogen) atoms. The zero-order valence-electron chi connectivity index (χ0n) is 9.88. The van der Waals surface area contributed by atoms with Crippen molar-refractivity contribution in [2.45, 2.75) is 45.0 Å². The summed E-state index contributed by atoms with van der Waals surface area (Å²) in [5.74, 6) is 0. The first-order valence-corrected chi connectivity index (χ1v) is 5.20. The predicted molar refractivity (Wildman–Crippen MR) is 53.6 cm³/mol. The van der Waals surface area contributed by atoms with Crippen LogP contribution in [0.5, 0.6) is 0 Å². The maximum atomic E-state index is 12.9. The second kappa shape index (κ2) is 3.76. The zero-order chi connectivity index (χ0) is 13.6. The van der Waals surface area contributed by atoms with Crippen LogP contribution >= 0.6 is 0 Å². The van der Waals surface area contributed by atoms with Crippen molar-refractivity contribution in [1.82, 2.24) is 4.90 Å². The Balaban J connectivity index is 3.23. The van der Waals surface area contributed by atoms with Gasteiger partial charge in [-0.2, -0.15) is 13.2 Å². The number of aliphatic hydroxyl groups is 1. The quantitative estimate of drug-likeness (QED) is 0.696. The van der Waals surface area contributed by atoms with Crippen LogP contribution in [0, 0.1) is 5.41 Å². The lowest BCUT2D eigenvalue weighted by Gasteiger charge is -2.42. The molecule has 1 saturated heterocycles. The molecule has 1 rings (SSSR count). The van der Waals surface area contributed by atoms with Gasteiger partial charge in [0.25, 0.3) is 0 Å². The number of carboxylic acid groups (broad SMARTS) is 1. The zero-order valence-corrected chi connectivity index (χ0v) is 9.88. The largest absolute Gasteiger partial charge is 0.465 e. The molecule has 7 heteroatoms. The van der Waals surface area contributed by atoms with E-state index in [1.807, 2.05) is 0 Å². The Kier molecular flexibility index (Phi) is 3.12. The Morgan fingerprint density at radius 2 is 1.82 bits per heavy atom. The maximum Gasteiger partial charge on any atom is 0.419 e. The van der Waals surface area contributed by atoms with Gasteiger partial charge in [-0.1, -0.05) is 20.8 Å². The summed E-state index contributed by atoms with van der Waals surface area (Å²) < 4.78 is 38.7. The van der Waals surface area contributed by atoms with Gasteiger partial charge in [-0.15, -0.1) is 0 Å². The van der Waals surface area contributed by atoms with Crippen LogP contribution in [-0.4, -0.2) is 45.6 Å². The van der Waals surface area contributed by atoms with Crippen LogP contribution < -0.4 is 0 Å². The lowest BCUT2D eigenvalue weighted by molar-refractivity contribution is -0.274. The molecule has 100 valence electrons. The van der Waals surface area contributed by atoms with Crippen molar-refractivity contribution in [2.75, 3.05) is 6.54 Å². The van der Waals surface area contributed by atoms with E-state index in [1.165, 1.54) is 20.8 Å². The number of carbonyl (C=O) groups is 1. The highest BCUT2D eigenvalue weighted by atomic mass is 19.4. The Hall–Kier alpha value is -0.980. The second-order valence-corrected chi connectivity index (χ2v) is 5.42. The fourth-order valence-electron chi connectivity index (χ4n) is 2.50. The summed E-state index contributed by atoms with van der Waals surface area (Å²) in [6.45, 7) is 4.13. The highest BCUT2D eigenvalue weighted by Gasteiger charge is 2.66. The summed E-state index contributed by atoms with van der Waals surface area (Å²) >= 11 is 0. The number of rotatable bonds is 0. The topological polar surface area (TPSA) is 60.8 Å². The van der Waals surface area contributed by atoms with Gasteiger partial charge in [0, 0.05) is 13.0 Å². The predicted octanol–water partition coefficient (Wildman–Crippen LogP) is 2.08. The normalized spacial score (nSPS) is 30.8. The first-order chi connectivity index (χ1) is 7.41. The van der Waals surface area contributed by atoms with Crippen molar-refractivity contribution in [3.8, 4) is 0 Å². The van der Waals surface area contributed by atoms with E-state index >= 15 is 0 Å². The molecule has 1 amide bonds. The van der Waals surface area contributed by atoms with Crippen molar-refractivity contribution in [1.29, 1.82) is 0 Å². The molecule has 2 atom stereocenters. The van der Waals surface area contributed by atoms with E-state index in [4.69, 9.17) is 5.11 Å². The van der Waals surface area contributed by atoms with Crippen molar-refractivity contribution in [2.24, 2.45) is 5.41 Å². The third-order valence-electron chi connectivity index (χ3n) is 3.05. The first-order valence-electron chi connectivity index (χ1n) is 5.20. The molecule has 0 aromatic rings. The molecular formula is C10H16F3NO3. The molecule has 1 heterocycles. The van der Waals surface area contributed by atoms with E-state index in [0.29, 0.717) is 4.90 Å². The lowest BCUT2D eigenvalue weighted by atomic mass is 9.76. The van der Waals surface area contributed by atoms with Crippen LogP contribution in [0.2, 0.25) is 0 Å². The van der Waals surface area contributed by atoms with Gasteiger partial charge < -0.3 is 15.1 Å². The van der Waals surface area contributed by atoms with Crippen LogP contribution in [0.25, 0.3) is 0 Å². The summed E-state index contributed by atoms with van der Waals surface area (Å²) in [6, 6.07) is -1.49. The third kappa shape index (κ3) is 2.20. The summed E-state index contributed by atoms with van der Waals surface area (Å²) in [5.41, 5.74) is -3.97. The van der Waals surface area contributed by atoms with Crippen LogP contribution in [0.3, 0.4) is 0 Å². The molecule has 1 fully saturated rings. The van der Waals surface area contributed by atoms with Gasteiger partial charge in [0.05, 0.1) is 6.04 Å². The molecule has 0 aliphatic carbocycles. The molecule has 0 aromatic heterocycles. The first kappa shape index (κ1) is 14.1. The van der Waals surface area contributed by atoms with Crippen LogP contribution in [0.1, 0.15) is 27.2 Å².